The molecule has 1 amide bonds. The summed E-state index contributed by atoms with van der Waals surface area (Å²) >= 11 is 7.38. The second kappa shape index (κ2) is 6.44. The van der Waals surface area contributed by atoms with E-state index in [1.807, 2.05) is 43.3 Å². The number of halogens is 1. The molecule has 0 aliphatic rings. The summed E-state index contributed by atoms with van der Waals surface area (Å²) < 4.78 is 0.963. The zero-order valence-electron chi connectivity index (χ0n) is 12.6. The number of benzene rings is 2. The van der Waals surface area contributed by atoms with Crippen LogP contribution in [-0.2, 0) is 0 Å². The van der Waals surface area contributed by atoms with Crippen LogP contribution >= 0.6 is 22.9 Å². The van der Waals surface area contributed by atoms with Crippen LogP contribution in [-0.4, -0.2) is 25.0 Å². The van der Waals surface area contributed by atoms with Gasteiger partial charge in [0.2, 0.25) is 5.13 Å². The van der Waals surface area contributed by atoms with Crippen molar-refractivity contribution in [3.63, 3.8) is 0 Å². The first-order valence-corrected chi connectivity index (χ1v) is 8.12. The molecule has 0 radical (unpaired) electrons. The molecular weight excluding hydrogens is 332 g/mol. The molecule has 0 saturated carbocycles. The number of hydrogen-bond donors (Lipinski definition) is 2. The molecule has 3 rings (SSSR count). The Kier molecular flexibility index (Phi) is 4.36. The largest absolute Gasteiger partial charge is 0.378 e. The fraction of sp³-hybridized carbons (Fsp3) is 0.125. The highest BCUT2D eigenvalue weighted by molar-refractivity contribution is 7.22. The van der Waals surface area contributed by atoms with Crippen LogP contribution in [0.25, 0.3) is 10.2 Å². The van der Waals surface area contributed by atoms with Crippen LogP contribution in [0, 0.1) is 0 Å². The van der Waals surface area contributed by atoms with E-state index in [1.54, 1.807) is 18.2 Å². The predicted octanol–water partition coefficient (Wildman–Crippen LogP) is 3.77. The average molecular weight is 347 g/mol. The van der Waals surface area contributed by atoms with Crippen LogP contribution in [0.4, 0.5) is 10.8 Å². The quantitative estimate of drug-likeness (QED) is 0.706. The molecule has 118 valence electrons. The molecule has 0 spiro atoms. The molecule has 2 N–H and O–H groups in total. The van der Waals surface area contributed by atoms with Crippen LogP contribution in [0.15, 0.2) is 42.5 Å². The number of carbonyl (C=O) groups is 1. The summed E-state index contributed by atoms with van der Waals surface area (Å²) in [6.45, 7) is 0. The van der Waals surface area contributed by atoms with E-state index in [9.17, 15) is 4.79 Å². The van der Waals surface area contributed by atoms with Crippen LogP contribution < -0.4 is 15.8 Å². The van der Waals surface area contributed by atoms with E-state index in [1.165, 1.54) is 11.3 Å². The molecule has 23 heavy (non-hydrogen) atoms. The van der Waals surface area contributed by atoms with E-state index >= 15 is 0 Å². The third-order valence-electron chi connectivity index (χ3n) is 3.28. The summed E-state index contributed by atoms with van der Waals surface area (Å²) in [6.07, 6.45) is 0. The monoisotopic (exact) mass is 346 g/mol. The van der Waals surface area contributed by atoms with Crippen molar-refractivity contribution in [2.45, 2.75) is 0 Å². The molecule has 0 fully saturated rings. The number of hydrazine groups is 1. The van der Waals surface area contributed by atoms with Gasteiger partial charge in [0.1, 0.15) is 0 Å². The summed E-state index contributed by atoms with van der Waals surface area (Å²) in [5.74, 6) is -0.215. The molecule has 0 bridgehead atoms. The highest BCUT2D eigenvalue weighted by Crippen LogP contribution is 2.27. The molecule has 0 atom stereocenters. The second-order valence-corrected chi connectivity index (χ2v) is 6.62. The fourth-order valence-corrected chi connectivity index (χ4v) is 3.14. The first kappa shape index (κ1) is 15.6. The number of nitrogens with one attached hydrogen (secondary N) is 2. The Labute approximate surface area is 142 Å². The zero-order valence-corrected chi connectivity index (χ0v) is 14.2. The maximum absolute atomic E-state index is 12.1. The molecular formula is C16H15ClN4OS. The molecule has 0 unspecified atom stereocenters. The molecule has 0 saturated heterocycles. The zero-order chi connectivity index (χ0) is 16.4. The minimum absolute atomic E-state index is 0.215. The number of aromatic nitrogens is 1. The van der Waals surface area contributed by atoms with Gasteiger partial charge in [-0.2, -0.15) is 0 Å². The Morgan fingerprint density at radius 1 is 1.17 bits per heavy atom. The smallest absolute Gasteiger partial charge is 0.269 e. The van der Waals surface area contributed by atoms with Gasteiger partial charge in [0.25, 0.3) is 5.91 Å². The van der Waals surface area contributed by atoms with Gasteiger partial charge in [-0.15, -0.1) is 0 Å². The van der Waals surface area contributed by atoms with Crippen molar-refractivity contribution in [1.82, 2.24) is 10.4 Å². The van der Waals surface area contributed by atoms with Gasteiger partial charge in [-0.3, -0.25) is 15.6 Å². The summed E-state index contributed by atoms with van der Waals surface area (Å²) in [5, 5.41) is 1.28. The SMILES string of the molecule is CN(C)c1ccc(C(=O)NNc2nc3ccc(Cl)cc3s2)cc1. The van der Waals surface area contributed by atoms with Crippen LogP contribution in [0.3, 0.4) is 0 Å². The molecule has 0 aliphatic carbocycles. The van der Waals surface area contributed by atoms with E-state index in [-0.39, 0.29) is 5.91 Å². The minimum atomic E-state index is -0.215. The lowest BCUT2D eigenvalue weighted by Crippen LogP contribution is -2.29. The van der Waals surface area contributed by atoms with Gasteiger partial charge in [-0.1, -0.05) is 22.9 Å². The Bertz CT molecular complexity index is 845. The van der Waals surface area contributed by atoms with Gasteiger partial charge < -0.3 is 4.90 Å². The Morgan fingerprint density at radius 2 is 1.91 bits per heavy atom. The average Bonchev–Trinajstić information content (AvgIpc) is 2.94. The third-order valence-corrected chi connectivity index (χ3v) is 4.45. The maximum Gasteiger partial charge on any atom is 0.269 e. The minimum Gasteiger partial charge on any atom is -0.378 e. The van der Waals surface area contributed by atoms with Crippen LogP contribution in [0.2, 0.25) is 5.02 Å². The highest BCUT2D eigenvalue weighted by Gasteiger charge is 2.08. The molecule has 1 heterocycles. The number of nitrogens with zero attached hydrogens (tertiary/aromatic N) is 2. The van der Waals surface area contributed by atoms with Crippen molar-refractivity contribution >= 4 is 49.9 Å². The molecule has 0 aliphatic heterocycles. The Morgan fingerprint density at radius 3 is 2.61 bits per heavy atom. The summed E-state index contributed by atoms with van der Waals surface area (Å²) in [4.78, 5) is 18.5. The van der Waals surface area contributed by atoms with Gasteiger partial charge in [-0.25, -0.2) is 4.98 Å². The fourth-order valence-electron chi connectivity index (χ4n) is 2.05. The standard InChI is InChI=1S/C16H15ClN4OS/c1-21(2)12-6-3-10(4-7-12)15(22)19-20-16-18-13-8-5-11(17)9-14(13)23-16/h3-9H,1-2H3,(H,18,20)(H,19,22). The van der Waals surface area contributed by atoms with E-state index in [2.05, 4.69) is 15.8 Å². The van der Waals surface area contributed by atoms with Crippen molar-refractivity contribution in [1.29, 1.82) is 0 Å². The number of hydrogen-bond acceptors (Lipinski definition) is 5. The van der Waals surface area contributed by atoms with Gasteiger partial charge >= 0.3 is 0 Å². The van der Waals surface area contributed by atoms with Crippen molar-refractivity contribution in [2.24, 2.45) is 0 Å². The third kappa shape index (κ3) is 3.55. The van der Waals surface area contributed by atoms with E-state index < -0.39 is 0 Å². The molecule has 5 nitrogen and oxygen atoms in total. The lowest BCUT2D eigenvalue weighted by atomic mass is 10.2. The van der Waals surface area contributed by atoms with Gasteiger partial charge in [-0.05, 0) is 42.5 Å². The Hall–Kier alpha value is -2.31. The van der Waals surface area contributed by atoms with E-state index in [4.69, 9.17) is 11.6 Å². The number of carbonyl (C=O) groups excluding carboxylic acids is 1. The first-order chi connectivity index (χ1) is 11.0. The molecule has 1 aromatic heterocycles. The van der Waals surface area contributed by atoms with Crippen molar-refractivity contribution in [2.75, 3.05) is 24.4 Å². The number of rotatable bonds is 4. The Balaban J connectivity index is 1.67. The van der Waals surface area contributed by atoms with Crippen LogP contribution in [0.1, 0.15) is 10.4 Å². The predicted molar refractivity (Wildman–Crippen MR) is 96.5 cm³/mol. The van der Waals surface area contributed by atoms with Crippen LogP contribution in [0.5, 0.6) is 0 Å². The number of fused-ring (bicyclic) bond motifs is 1. The number of thiazole rings is 1. The van der Waals surface area contributed by atoms with E-state index in [0.717, 1.165) is 15.9 Å². The maximum atomic E-state index is 12.1. The number of anilines is 2. The lowest BCUT2D eigenvalue weighted by Gasteiger charge is -2.12. The molecule has 3 aromatic rings. The van der Waals surface area contributed by atoms with Crippen molar-refractivity contribution in [3.8, 4) is 0 Å². The topological polar surface area (TPSA) is 57.3 Å². The van der Waals surface area contributed by atoms with Crippen molar-refractivity contribution in [3.05, 3.63) is 53.1 Å². The van der Waals surface area contributed by atoms with Gasteiger partial charge in [0, 0.05) is 30.4 Å². The van der Waals surface area contributed by atoms with Crippen molar-refractivity contribution < 1.29 is 4.79 Å². The van der Waals surface area contributed by atoms with Gasteiger partial charge in [0.15, 0.2) is 0 Å². The molecule has 2 aromatic carbocycles. The van der Waals surface area contributed by atoms with Gasteiger partial charge in [0.05, 0.1) is 10.2 Å². The van der Waals surface area contributed by atoms with E-state index in [0.29, 0.717) is 15.7 Å². The lowest BCUT2D eigenvalue weighted by molar-refractivity contribution is 0.0962. The summed E-state index contributed by atoms with van der Waals surface area (Å²) in [7, 11) is 3.91. The normalized spacial score (nSPS) is 10.6. The first-order valence-electron chi connectivity index (χ1n) is 6.93. The molecule has 7 heteroatoms. The second-order valence-electron chi connectivity index (χ2n) is 5.15. The summed E-state index contributed by atoms with van der Waals surface area (Å²) in [6, 6.07) is 12.8. The summed E-state index contributed by atoms with van der Waals surface area (Å²) in [5.41, 5.74) is 7.95. The number of amides is 1. The highest BCUT2D eigenvalue weighted by atomic mass is 35.5.